The maximum Gasteiger partial charge on any atom is 0.257 e. The number of amides is 1. The zero-order valence-electron chi connectivity index (χ0n) is 17.2. The molecule has 0 radical (unpaired) electrons. The number of aryl methyl sites for hydroxylation is 1. The van der Waals surface area contributed by atoms with Crippen LogP contribution in [-0.4, -0.2) is 29.2 Å². The highest BCUT2D eigenvalue weighted by Crippen LogP contribution is 2.31. The summed E-state index contributed by atoms with van der Waals surface area (Å²) in [4.78, 5) is 17.1. The first kappa shape index (κ1) is 20.0. The van der Waals surface area contributed by atoms with Gasteiger partial charge in [-0.05, 0) is 67.7 Å². The minimum Gasteiger partial charge on any atom is -0.486 e. The topological polar surface area (TPSA) is 85.6 Å². The number of hydrogen-bond donors (Lipinski definition) is 2. The fourth-order valence-electron chi connectivity index (χ4n) is 3.35. The first-order valence-corrected chi connectivity index (χ1v) is 10.5. The van der Waals surface area contributed by atoms with Crippen molar-refractivity contribution < 1.29 is 18.7 Å². The van der Waals surface area contributed by atoms with E-state index in [2.05, 4.69) is 15.6 Å². The van der Waals surface area contributed by atoms with Gasteiger partial charge < -0.3 is 19.2 Å². The van der Waals surface area contributed by atoms with Crippen molar-refractivity contribution in [2.75, 3.05) is 18.5 Å². The van der Waals surface area contributed by atoms with Crippen LogP contribution in [0.1, 0.15) is 15.9 Å². The fraction of sp³-hybridized carbons (Fsp3) is 0.125. The second-order valence-electron chi connectivity index (χ2n) is 7.33. The smallest absolute Gasteiger partial charge is 0.257 e. The predicted octanol–water partition coefficient (Wildman–Crippen LogP) is 4.70. The molecule has 1 aliphatic rings. The lowest BCUT2D eigenvalue weighted by Gasteiger charge is -2.18. The molecule has 5 rings (SSSR count). The molecule has 0 saturated carbocycles. The SMILES string of the molecule is Cc1ccc(-c2nc3cc(NC(=S)NC(=O)c4ccc5c(c4)OCCO5)ccc3o2)cc1. The van der Waals surface area contributed by atoms with Gasteiger partial charge in [-0.1, -0.05) is 17.7 Å². The van der Waals surface area contributed by atoms with E-state index in [1.165, 1.54) is 5.56 Å². The molecule has 0 atom stereocenters. The van der Waals surface area contributed by atoms with Crippen molar-refractivity contribution in [3.05, 3.63) is 71.8 Å². The van der Waals surface area contributed by atoms with Crippen molar-refractivity contribution in [2.24, 2.45) is 0 Å². The van der Waals surface area contributed by atoms with E-state index in [4.69, 9.17) is 26.1 Å². The Balaban J connectivity index is 1.28. The van der Waals surface area contributed by atoms with Gasteiger partial charge in [-0.25, -0.2) is 4.98 Å². The summed E-state index contributed by atoms with van der Waals surface area (Å²) in [5.41, 5.74) is 4.54. The number of rotatable bonds is 3. The number of nitrogens with zero attached hydrogens (tertiary/aromatic N) is 1. The Hall–Kier alpha value is -3.91. The van der Waals surface area contributed by atoms with E-state index in [0.717, 1.165) is 5.56 Å². The standard InChI is InChI=1S/C24H19N3O4S/c1-14-2-4-15(5-3-14)23-26-18-13-17(7-9-19(18)31-23)25-24(32)27-22(28)16-6-8-20-21(12-16)30-11-10-29-20/h2-9,12-13H,10-11H2,1H3,(H2,25,27,28,32). The Morgan fingerprint density at radius 1 is 0.969 bits per heavy atom. The number of fused-ring (bicyclic) bond motifs is 2. The number of hydrogen-bond acceptors (Lipinski definition) is 6. The van der Waals surface area contributed by atoms with Gasteiger partial charge in [-0.2, -0.15) is 0 Å². The summed E-state index contributed by atoms with van der Waals surface area (Å²) in [5.74, 6) is 1.37. The molecule has 2 N–H and O–H groups in total. The van der Waals surface area contributed by atoms with Gasteiger partial charge in [-0.15, -0.1) is 0 Å². The maximum atomic E-state index is 12.6. The molecule has 7 nitrogen and oxygen atoms in total. The first-order valence-electron chi connectivity index (χ1n) is 10.0. The second-order valence-corrected chi connectivity index (χ2v) is 7.74. The van der Waals surface area contributed by atoms with Crippen LogP contribution in [0, 0.1) is 6.92 Å². The summed E-state index contributed by atoms with van der Waals surface area (Å²) in [6.45, 7) is 2.98. The molecule has 32 heavy (non-hydrogen) atoms. The molecule has 0 saturated heterocycles. The Morgan fingerprint density at radius 3 is 2.56 bits per heavy atom. The average molecular weight is 446 g/mol. The van der Waals surface area contributed by atoms with Crippen LogP contribution in [0.2, 0.25) is 0 Å². The number of nitrogens with one attached hydrogen (secondary N) is 2. The van der Waals surface area contributed by atoms with Gasteiger partial charge in [0.15, 0.2) is 22.2 Å². The van der Waals surface area contributed by atoms with Gasteiger partial charge in [0, 0.05) is 16.8 Å². The third kappa shape index (κ3) is 4.13. The molecule has 3 aromatic carbocycles. The Kier molecular flexibility index (Phi) is 5.20. The molecular formula is C24H19N3O4S. The summed E-state index contributed by atoms with van der Waals surface area (Å²) in [7, 11) is 0. The zero-order valence-corrected chi connectivity index (χ0v) is 18.0. The van der Waals surface area contributed by atoms with E-state index in [-0.39, 0.29) is 11.0 Å². The number of thiocarbonyl (C=S) groups is 1. The van der Waals surface area contributed by atoms with Crippen molar-refractivity contribution in [1.29, 1.82) is 0 Å². The number of aromatic nitrogens is 1. The largest absolute Gasteiger partial charge is 0.486 e. The molecule has 1 aliphatic heterocycles. The van der Waals surface area contributed by atoms with Gasteiger partial charge in [0.2, 0.25) is 5.89 Å². The predicted molar refractivity (Wildman–Crippen MR) is 125 cm³/mol. The molecule has 0 fully saturated rings. The third-order valence-electron chi connectivity index (χ3n) is 4.98. The van der Waals surface area contributed by atoms with Gasteiger partial charge >= 0.3 is 0 Å². The number of benzene rings is 3. The summed E-state index contributed by atoms with van der Waals surface area (Å²) < 4.78 is 16.9. The van der Waals surface area contributed by atoms with Crippen LogP contribution in [0.25, 0.3) is 22.6 Å². The van der Waals surface area contributed by atoms with E-state index in [0.29, 0.717) is 53.0 Å². The van der Waals surface area contributed by atoms with E-state index < -0.39 is 0 Å². The van der Waals surface area contributed by atoms with Gasteiger partial charge in [0.25, 0.3) is 5.91 Å². The Bertz CT molecular complexity index is 1330. The van der Waals surface area contributed by atoms with Crippen LogP contribution < -0.4 is 20.1 Å². The fourth-order valence-corrected chi connectivity index (χ4v) is 3.56. The van der Waals surface area contributed by atoms with Crippen LogP contribution in [0.5, 0.6) is 11.5 Å². The number of carbonyl (C=O) groups is 1. The number of anilines is 1. The van der Waals surface area contributed by atoms with Crippen LogP contribution >= 0.6 is 12.2 Å². The maximum absolute atomic E-state index is 12.6. The number of oxazole rings is 1. The van der Waals surface area contributed by atoms with E-state index in [1.54, 1.807) is 18.2 Å². The normalized spacial score (nSPS) is 12.4. The van der Waals surface area contributed by atoms with Crippen LogP contribution in [0.4, 0.5) is 5.69 Å². The van der Waals surface area contributed by atoms with E-state index in [1.807, 2.05) is 49.4 Å². The van der Waals surface area contributed by atoms with Crippen molar-refractivity contribution in [1.82, 2.24) is 10.3 Å². The molecule has 160 valence electrons. The summed E-state index contributed by atoms with van der Waals surface area (Å²) in [5, 5.41) is 5.87. The van der Waals surface area contributed by atoms with Gasteiger partial charge in [0.05, 0.1) is 0 Å². The third-order valence-corrected chi connectivity index (χ3v) is 5.18. The second kappa shape index (κ2) is 8.32. The molecule has 4 aromatic rings. The molecular weight excluding hydrogens is 426 g/mol. The monoisotopic (exact) mass is 445 g/mol. The highest BCUT2D eigenvalue weighted by Gasteiger charge is 2.16. The molecule has 0 unspecified atom stereocenters. The summed E-state index contributed by atoms with van der Waals surface area (Å²) >= 11 is 5.31. The van der Waals surface area contributed by atoms with Crippen molar-refractivity contribution in [2.45, 2.75) is 6.92 Å². The molecule has 0 spiro atoms. The number of carbonyl (C=O) groups excluding carboxylic acids is 1. The van der Waals surface area contributed by atoms with E-state index in [9.17, 15) is 4.79 Å². The first-order chi connectivity index (χ1) is 15.5. The van der Waals surface area contributed by atoms with Gasteiger partial charge in [-0.3, -0.25) is 10.1 Å². The summed E-state index contributed by atoms with van der Waals surface area (Å²) in [6, 6.07) is 18.4. The Morgan fingerprint density at radius 2 is 1.75 bits per heavy atom. The van der Waals surface area contributed by atoms with Crippen LogP contribution in [-0.2, 0) is 0 Å². The lowest BCUT2D eigenvalue weighted by atomic mass is 10.1. The van der Waals surface area contributed by atoms with E-state index >= 15 is 0 Å². The van der Waals surface area contributed by atoms with Crippen molar-refractivity contribution >= 4 is 40.0 Å². The molecule has 0 bridgehead atoms. The lowest BCUT2D eigenvalue weighted by molar-refractivity contribution is 0.0976. The minimum absolute atomic E-state index is 0.173. The summed E-state index contributed by atoms with van der Waals surface area (Å²) in [6.07, 6.45) is 0. The molecule has 0 aliphatic carbocycles. The molecule has 1 aromatic heterocycles. The Labute approximate surface area is 189 Å². The van der Waals surface area contributed by atoms with Crippen LogP contribution in [0.3, 0.4) is 0 Å². The van der Waals surface area contributed by atoms with Gasteiger partial charge in [0.1, 0.15) is 18.7 Å². The molecule has 1 amide bonds. The van der Waals surface area contributed by atoms with Crippen molar-refractivity contribution in [3.8, 4) is 23.0 Å². The lowest BCUT2D eigenvalue weighted by Crippen LogP contribution is -2.34. The average Bonchev–Trinajstić information content (AvgIpc) is 3.22. The molecule has 8 heteroatoms. The number of ether oxygens (including phenoxy) is 2. The molecule has 2 heterocycles. The zero-order chi connectivity index (χ0) is 22.1. The van der Waals surface area contributed by atoms with Crippen molar-refractivity contribution in [3.63, 3.8) is 0 Å². The quantitative estimate of drug-likeness (QED) is 0.442. The minimum atomic E-state index is -0.344. The van der Waals surface area contributed by atoms with Crippen LogP contribution in [0.15, 0.2) is 65.1 Å². The highest BCUT2D eigenvalue weighted by molar-refractivity contribution is 7.80. The highest BCUT2D eigenvalue weighted by atomic mass is 32.1.